The summed E-state index contributed by atoms with van der Waals surface area (Å²) < 4.78 is 16.2. The number of aliphatic hydroxyl groups excluding tert-OH is 1. The van der Waals surface area contributed by atoms with E-state index in [1.807, 2.05) is 18.2 Å². The monoisotopic (exact) mass is 339 g/mol. The molecule has 1 rings (SSSR count). The van der Waals surface area contributed by atoms with Gasteiger partial charge < -0.3 is 19.3 Å². The van der Waals surface area contributed by atoms with Gasteiger partial charge in [-0.25, -0.2) is 0 Å². The van der Waals surface area contributed by atoms with Crippen molar-refractivity contribution < 1.29 is 19.3 Å². The van der Waals surface area contributed by atoms with Crippen molar-refractivity contribution in [1.29, 1.82) is 0 Å². The van der Waals surface area contributed by atoms with Crippen LogP contribution in [0.1, 0.15) is 32.8 Å². The quantitative estimate of drug-likeness (QED) is 0.634. The molecule has 5 nitrogen and oxygen atoms in total. The summed E-state index contributed by atoms with van der Waals surface area (Å²) in [4.78, 5) is 2.24. The van der Waals surface area contributed by atoms with Crippen molar-refractivity contribution in [2.75, 3.05) is 40.5 Å². The molecule has 0 saturated carbocycles. The van der Waals surface area contributed by atoms with Crippen molar-refractivity contribution in [2.24, 2.45) is 5.92 Å². The summed E-state index contributed by atoms with van der Waals surface area (Å²) in [6, 6.07) is 5.94. The van der Waals surface area contributed by atoms with Gasteiger partial charge in [-0.3, -0.25) is 4.90 Å². The van der Waals surface area contributed by atoms with Crippen molar-refractivity contribution in [3.63, 3.8) is 0 Å². The molecule has 0 heterocycles. The molecule has 138 valence electrons. The lowest BCUT2D eigenvalue weighted by molar-refractivity contribution is 0.00691. The maximum Gasteiger partial charge on any atom is 0.161 e. The lowest BCUT2D eigenvalue weighted by Crippen LogP contribution is -2.35. The Morgan fingerprint density at radius 2 is 1.79 bits per heavy atom. The van der Waals surface area contributed by atoms with E-state index in [0.29, 0.717) is 25.7 Å². The number of hydrogen-bond acceptors (Lipinski definition) is 5. The molecule has 0 radical (unpaired) electrons. The van der Waals surface area contributed by atoms with Crippen LogP contribution in [0.2, 0.25) is 0 Å². The van der Waals surface area contributed by atoms with E-state index in [4.69, 9.17) is 14.2 Å². The third-order valence-electron chi connectivity index (χ3n) is 3.62. The van der Waals surface area contributed by atoms with E-state index in [0.717, 1.165) is 36.6 Å². The maximum atomic E-state index is 10.2. The predicted octanol–water partition coefficient (Wildman–Crippen LogP) is 2.95. The highest BCUT2D eigenvalue weighted by atomic mass is 16.5. The van der Waals surface area contributed by atoms with Gasteiger partial charge in [-0.2, -0.15) is 0 Å². The largest absolute Gasteiger partial charge is 0.493 e. The fourth-order valence-electron chi connectivity index (χ4n) is 2.58. The molecule has 24 heavy (non-hydrogen) atoms. The summed E-state index contributed by atoms with van der Waals surface area (Å²) in [5.74, 6) is 1.94. The van der Waals surface area contributed by atoms with E-state index in [1.165, 1.54) is 0 Å². The first-order chi connectivity index (χ1) is 11.5. The zero-order valence-electron chi connectivity index (χ0n) is 15.7. The molecule has 0 unspecified atom stereocenters. The molecular weight excluding hydrogens is 306 g/mol. The number of rotatable bonds is 12. The number of methoxy groups -OCH3 is 2. The molecule has 1 N–H and O–H groups in total. The molecule has 0 spiro atoms. The molecule has 0 aliphatic rings. The van der Waals surface area contributed by atoms with Crippen LogP contribution in [0.15, 0.2) is 18.2 Å². The molecule has 0 aromatic heterocycles. The predicted molar refractivity (Wildman–Crippen MR) is 96.8 cm³/mol. The molecule has 0 bridgehead atoms. The Morgan fingerprint density at radius 1 is 1.08 bits per heavy atom. The number of nitrogens with zero attached hydrogens (tertiary/aromatic N) is 1. The van der Waals surface area contributed by atoms with Gasteiger partial charge in [0.1, 0.15) is 0 Å². The first kappa shape index (κ1) is 20.7. The van der Waals surface area contributed by atoms with Crippen LogP contribution in [0, 0.1) is 5.92 Å². The van der Waals surface area contributed by atoms with Gasteiger partial charge in [-0.1, -0.05) is 26.8 Å². The Balaban J connectivity index is 2.61. The highest BCUT2D eigenvalue weighted by molar-refractivity contribution is 5.42. The average molecular weight is 339 g/mol. The van der Waals surface area contributed by atoms with E-state index in [-0.39, 0.29) is 0 Å². The molecule has 1 atom stereocenters. The summed E-state index contributed by atoms with van der Waals surface area (Å²) in [6.07, 6.45) is 0.558. The molecule has 0 saturated heterocycles. The SMILES string of the molecule is CCCN(Cc1ccc(OC)c(OC)c1)C[C@@H](O)COCC(C)C. The molecule has 1 aromatic rings. The van der Waals surface area contributed by atoms with Crippen molar-refractivity contribution in [3.8, 4) is 11.5 Å². The molecule has 0 aliphatic carbocycles. The van der Waals surface area contributed by atoms with Gasteiger partial charge in [0.25, 0.3) is 0 Å². The van der Waals surface area contributed by atoms with Crippen LogP contribution in [0.4, 0.5) is 0 Å². The standard InChI is InChI=1S/C19H33NO4/c1-6-9-20(12-17(21)14-24-13-15(2)3)11-16-7-8-18(22-4)19(10-16)23-5/h7-8,10,15,17,21H,6,9,11-14H2,1-5H3/t17-/m1/s1. The van der Waals surface area contributed by atoms with Crippen LogP contribution in [0.5, 0.6) is 11.5 Å². The Labute approximate surface area is 146 Å². The second kappa shape index (κ2) is 11.3. The van der Waals surface area contributed by atoms with Gasteiger partial charge in [-0.05, 0) is 36.6 Å². The highest BCUT2D eigenvalue weighted by Crippen LogP contribution is 2.28. The van der Waals surface area contributed by atoms with E-state index >= 15 is 0 Å². The first-order valence-electron chi connectivity index (χ1n) is 8.69. The van der Waals surface area contributed by atoms with Gasteiger partial charge >= 0.3 is 0 Å². The molecule has 0 amide bonds. The molecule has 0 aliphatic heterocycles. The number of hydrogen-bond donors (Lipinski definition) is 1. The Kier molecular flexibility index (Phi) is 9.76. The molecular formula is C19H33NO4. The van der Waals surface area contributed by atoms with Gasteiger partial charge in [0.05, 0.1) is 26.9 Å². The number of ether oxygens (including phenoxy) is 3. The van der Waals surface area contributed by atoms with E-state index < -0.39 is 6.10 Å². The minimum Gasteiger partial charge on any atom is -0.493 e. The van der Waals surface area contributed by atoms with Crippen molar-refractivity contribution in [3.05, 3.63) is 23.8 Å². The van der Waals surface area contributed by atoms with Gasteiger partial charge in [0.2, 0.25) is 0 Å². The minimum absolute atomic E-state index is 0.379. The zero-order valence-corrected chi connectivity index (χ0v) is 15.7. The zero-order chi connectivity index (χ0) is 17.9. The summed E-state index contributed by atoms with van der Waals surface area (Å²) in [7, 11) is 3.27. The van der Waals surface area contributed by atoms with Crippen LogP contribution in [-0.4, -0.2) is 56.6 Å². The van der Waals surface area contributed by atoms with Crippen LogP contribution in [0.25, 0.3) is 0 Å². The fraction of sp³-hybridized carbons (Fsp3) is 0.684. The van der Waals surface area contributed by atoms with Crippen LogP contribution < -0.4 is 9.47 Å². The lowest BCUT2D eigenvalue weighted by Gasteiger charge is -2.25. The smallest absolute Gasteiger partial charge is 0.161 e. The number of aliphatic hydroxyl groups is 1. The van der Waals surface area contributed by atoms with Gasteiger partial charge in [0, 0.05) is 19.7 Å². The van der Waals surface area contributed by atoms with E-state index in [9.17, 15) is 5.11 Å². The topological polar surface area (TPSA) is 51.2 Å². The summed E-state index contributed by atoms with van der Waals surface area (Å²) in [5.41, 5.74) is 1.14. The van der Waals surface area contributed by atoms with Crippen molar-refractivity contribution in [2.45, 2.75) is 39.8 Å². The normalized spacial score (nSPS) is 12.7. The second-order valence-electron chi connectivity index (χ2n) is 6.51. The third kappa shape index (κ3) is 7.51. The third-order valence-corrected chi connectivity index (χ3v) is 3.62. The van der Waals surface area contributed by atoms with Crippen LogP contribution in [-0.2, 0) is 11.3 Å². The fourth-order valence-corrected chi connectivity index (χ4v) is 2.58. The Morgan fingerprint density at radius 3 is 2.38 bits per heavy atom. The molecule has 1 aromatic carbocycles. The summed E-state index contributed by atoms with van der Waals surface area (Å²) >= 11 is 0. The minimum atomic E-state index is -0.476. The highest BCUT2D eigenvalue weighted by Gasteiger charge is 2.13. The molecule has 0 fully saturated rings. The van der Waals surface area contributed by atoms with Crippen molar-refractivity contribution in [1.82, 2.24) is 4.90 Å². The van der Waals surface area contributed by atoms with Gasteiger partial charge in [-0.15, -0.1) is 0 Å². The summed E-state index contributed by atoms with van der Waals surface area (Å²) in [5, 5.41) is 10.2. The molecule has 5 heteroatoms. The van der Waals surface area contributed by atoms with E-state index in [1.54, 1.807) is 14.2 Å². The Bertz CT molecular complexity index is 465. The van der Waals surface area contributed by atoms with Crippen LogP contribution >= 0.6 is 0 Å². The van der Waals surface area contributed by atoms with E-state index in [2.05, 4.69) is 25.7 Å². The maximum absolute atomic E-state index is 10.2. The van der Waals surface area contributed by atoms with Crippen molar-refractivity contribution >= 4 is 0 Å². The second-order valence-corrected chi connectivity index (χ2v) is 6.51. The van der Waals surface area contributed by atoms with Crippen LogP contribution in [0.3, 0.4) is 0 Å². The lowest BCUT2D eigenvalue weighted by atomic mass is 10.1. The first-order valence-corrected chi connectivity index (χ1v) is 8.69. The Hall–Kier alpha value is -1.30. The average Bonchev–Trinajstić information content (AvgIpc) is 2.54. The summed E-state index contributed by atoms with van der Waals surface area (Å²) in [6.45, 7) is 9.69. The number of benzene rings is 1. The van der Waals surface area contributed by atoms with Gasteiger partial charge in [0.15, 0.2) is 11.5 Å².